The van der Waals surface area contributed by atoms with Crippen LogP contribution in [0, 0.1) is 0 Å². The molecule has 3 aromatic carbocycles. The van der Waals surface area contributed by atoms with Crippen molar-refractivity contribution >= 4 is 20.2 Å². The summed E-state index contributed by atoms with van der Waals surface area (Å²) in [6.45, 7) is 0. The van der Waals surface area contributed by atoms with Gasteiger partial charge in [0.05, 0.1) is 0 Å². The third-order valence-electron chi connectivity index (χ3n) is 4.38. The van der Waals surface area contributed by atoms with E-state index in [4.69, 9.17) is 0 Å². The summed E-state index contributed by atoms with van der Waals surface area (Å²) in [5, 5.41) is 0. The summed E-state index contributed by atoms with van der Waals surface area (Å²) in [4.78, 5) is 0. The van der Waals surface area contributed by atoms with Crippen LogP contribution in [0.4, 0.5) is 13.2 Å². The number of alkyl halides is 3. The van der Waals surface area contributed by atoms with Crippen LogP contribution in [0.5, 0.6) is 0 Å². The lowest BCUT2D eigenvalue weighted by molar-refractivity contribution is -0.0499. The van der Waals surface area contributed by atoms with Crippen LogP contribution in [0.15, 0.2) is 91.0 Å². The molecule has 0 radical (unpaired) electrons. The van der Waals surface area contributed by atoms with Crippen molar-refractivity contribution in [3.63, 3.8) is 0 Å². The molecule has 0 fully saturated rings. The van der Waals surface area contributed by atoms with Gasteiger partial charge in [-0.2, -0.15) is 30.0 Å². The van der Waals surface area contributed by atoms with Gasteiger partial charge < -0.3 is 0 Å². The van der Waals surface area contributed by atoms with Crippen LogP contribution >= 0.6 is 0 Å². The fraction of sp³-hybridized carbons (Fsp3) is 0.100. The minimum atomic E-state index is -6.45. The largest absolute Gasteiger partial charge is 0.524 e. The van der Waals surface area contributed by atoms with E-state index in [1.807, 2.05) is 0 Å². The second-order valence-electron chi connectivity index (χ2n) is 6.20. The van der Waals surface area contributed by atoms with Crippen LogP contribution in [0.25, 0.3) is 0 Å². The van der Waals surface area contributed by atoms with E-state index in [-0.39, 0.29) is 16.7 Å². The van der Waals surface area contributed by atoms with Crippen molar-refractivity contribution in [1.82, 2.24) is 0 Å². The molecule has 0 saturated carbocycles. The van der Waals surface area contributed by atoms with Crippen LogP contribution < -0.4 is 0 Å². The van der Waals surface area contributed by atoms with Crippen molar-refractivity contribution in [2.45, 2.75) is 10.3 Å². The van der Waals surface area contributed by atoms with Crippen molar-refractivity contribution in [2.24, 2.45) is 0 Å². The first-order valence-electron chi connectivity index (χ1n) is 8.46. The summed E-state index contributed by atoms with van der Waals surface area (Å²) < 4.78 is 90.7. The maximum absolute atomic E-state index is 13.4. The molecular formula is C20H15F3O5S2. The van der Waals surface area contributed by atoms with Gasteiger partial charge in [0.25, 0.3) is 0 Å². The van der Waals surface area contributed by atoms with E-state index in [0.29, 0.717) is 0 Å². The van der Waals surface area contributed by atoms with E-state index >= 15 is 0 Å². The molecule has 0 amide bonds. The third-order valence-corrected chi connectivity index (χ3v) is 7.84. The molecule has 0 aliphatic rings. The number of rotatable bonds is 6. The van der Waals surface area contributed by atoms with E-state index in [2.05, 4.69) is 3.63 Å². The highest BCUT2D eigenvalue weighted by atomic mass is 32.3. The smallest absolute Gasteiger partial charge is 0.197 e. The molecule has 3 rings (SSSR count). The monoisotopic (exact) mass is 456 g/mol. The molecule has 0 atom stereocenters. The van der Waals surface area contributed by atoms with Gasteiger partial charge in [-0.25, -0.2) is 0 Å². The average molecular weight is 456 g/mol. The Hall–Kier alpha value is -2.69. The van der Waals surface area contributed by atoms with Gasteiger partial charge in [0.1, 0.15) is 0 Å². The van der Waals surface area contributed by atoms with E-state index in [1.165, 1.54) is 72.8 Å². The summed E-state index contributed by atoms with van der Waals surface area (Å²) in [7, 11) is -11.9. The molecule has 10 heteroatoms. The summed E-state index contributed by atoms with van der Waals surface area (Å²) in [5.74, 6) is 0. The van der Waals surface area contributed by atoms with Gasteiger partial charge in [-0.05, 0) is 16.7 Å². The van der Waals surface area contributed by atoms with Crippen molar-refractivity contribution in [3.05, 3.63) is 108 Å². The average Bonchev–Trinajstić information content (AvgIpc) is 2.69. The van der Waals surface area contributed by atoms with Crippen LogP contribution in [-0.2, 0) is 28.6 Å². The Bertz CT molecular complexity index is 1110. The highest BCUT2D eigenvalue weighted by molar-refractivity contribution is 8.01. The second kappa shape index (κ2) is 7.86. The van der Waals surface area contributed by atoms with E-state index in [0.717, 1.165) is 0 Å². The Morgan fingerprint density at radius 1 is 0.533 bits per heavy atom. The van der Waals surface area contributed by atoms with E-state index in [1.54, 1.807) is 18.2 Å². The third kappa shape index (κ3) is 3.73. The van der Waals surface area contributed by atoms with Crippen molar-refractivity contribution in [1.29, 1.82) is 0 Å². The van der Waals surface area contributed by atoms with Gasteiger partial charge in [0.15, 0.2) is 4.75 Å². The van der Waals surface area contributed by atoms with Crippen molar-refractivity contribution in [3.8, 4) is 0 Å². The summed E-state index contributed by atoms with van der Waals surface area (Å²) >= 11 is 0. The zero-order valence-corrected chi connectivity index (χ0v) is 16.8. The van der Waals surface area contributed by atoms with E-state index in [9.17, 15) is 30.0 Å². The van der Waals surface area contributed by atoms with Crippen LogP contribution in [0.1, 0.15) is 16.7 Å². The molecule has 3 aromatic rings. The molecule has 0 spiro atoms. The maximum Gasteiger partial charge on any atom is 0.524 e. The van der Waals surface area contributed by atoms with Crippen LogP contribution in [-0.4, -0.2) is 22.3 Å². The molecule has 5 nitrogen and oxygen atoms in total. The minimum Gasteiger partial charge on any atom is -0.197 e. The van der Waals surface area contributed by atoms with Gasteiger partial charge in [-0.15, -0.1) is 3.63 Å². The molecule has 0 aliphatic heterocycles. The summed E-state index contributed by atoms with van der Waals surface area (Å²) in [6, 6.07) is 22.0. The summed E-state index contributed by atoms with van der Waals surface area (Å²) in [5.41, 5.74) is -5.88. The topological polar surface area (TPSA) is 77.5 Å². The molecule has 0 aromatic heterocycles. The highest BCUT2D eigenvalue weighted by Gasteiger charge is 2.57. The molecule has 30 heavy (non-hydrogen) atoms. The van der Waals surface area contributed by atoms with E-state index < -0.39 is 30.5 Å². The molecule has 0 unspecified atom stereocenters. The maximum atomic E-state index is 13.4. The first kappa shape index (κ1) is 22.0. The lowest BCUT2D eigenvalue weighted by Gasteiger charge is -2.34. The fourth-order valence-corrected chi connectivity index (χ4v) is 6.09. The van der Waals surface area contributed by atoms with Crippen molar-refractivity contribution < 1.29 is 33.6 Å². The normalized spacial score (nSPS) is 13.2. The zero-order valence-electron chi connectivity index (χ0n) is 15.2. The lowest BCUT2D eigenvalue weighted by Crippen LogP contribution is -2.42. The fourth-order valence-electron chi connectivity index (χ4n) is 3.16. The van der Waals surface area contributed by atoms with Gasteiger partial charge in [0.2, 0.25) is 0 Å². The van der Waals surface area contributed by atoms with Crippen molar-refractivity contribution in [2.75, 3.05) is 0 Å². The molecule has 158 valence electrons. The Morgan fingerprint density at radius 3 is 1.10 bits per heavy atom. The SMILES string of the molecule is O=S(=O)(OS(=O)(=O)C(c1ccccc1)(c1ccccc1)c1ccccc1)C(F)(F)F. The van der Waals surface area contributed by atoms with Crippen LogP contribution in [0.2, 0.25) is 0 Å². The number of hydrogen-bond donors (Lipinski definition) is 0. The first-order chi connectivity index (χ1) is 14.0. The minimum absolute atomic E-state index is 0.0137. The highest BCUT2D eigenvalue weighted by Crippen LogP contribution is 2.46. The standard InChI is InChI=1S/C20H15F3O5S2/c21-20(22,23)30(26,27)28-29(24,25)19(16-10-4-1-5-11-16,17-12-6-2-7-13-17)18-14-8-3-9-15-18/h1-15H. The molecule has 0 heterocycles. The first-order valence-corrected chi connectivity index (χ1v) is 11.3. The molecule has 0 bridgehead atoms. The molecule has 0 aliphatic carbocycles. The number of hydrogen-bond acceptors (Lipinski definition) is 5. The lowest BCUT2D eigenvalue weighted by atomic mass is 9.84. The molecular weight excluding hydrogens is 441 g/mol. The Morgan fingerprint density at radius 2 is 0.833 bits per heavy atom. The van der Waals surface area contributed by atoms with Crippen LogP contribution in [0.3, 0.4) is 0 Å². The summed E-state index contributed by atoms with van der Waals surface area (Å²) in [6.07, 6.45) is 0. The predicted octanol–water partition coefficient (Wildman–Crippen LogP) is 4.17. The Labute approximate surface area is 172 Å². The van der Waals surface area contributed by atoms with Gasteiger partial charge in [-0.3, -0.25) is 0 Å². The Kier molecular flexibility index (Phi) is 5.76. The quantitative estimate of drug-likeness (QED) is 0.411. The van der Waals surface area contributed by atoms with Gasteiger partial charge in [0, 0.05) is 0 Å². The van der Waals surface area contributed by atoms with Gasteiger partial charge >= 0.3 is 25.7 Å². The predicted molar refractivity (Wildman–Crippen MR) is 104 cm³/mol. The number of benzene rings is 3. The Balaban J connectivity index is 2.43. The zero-order chi connectivity index (χ0) is 22.0. The van der Waals surface area contributed by atoms with Gasteiger partial charge in [-0.1, -0.05) is 91.0 Å². The molecule has 0 N–H and O–H groups in total. The number of halogens is 3. The second-order valence-corrected chi connectivity index (χ2v) is 9.64. The molecule has 0 saturated heterocycles.